The van der Waals surface area contributed by atoms with Crippen LogP contribution in [0.2, 0.25) is 0 Å². The lowest BCUT2D eigenvalue weighted by atomic mass is 10.1. The van der Waals surface area contributed by atoms with E-state index in [2.05, 4.69) is 28.3 Å². The second-order valence-corrected chi connectivity index (χ2v) is 7.81. The summed E-state index contributed by atoms with van der Waals surface area (Å²) in [6.07, 6.45) is 1.77. The number of para-hydroxylation sites is 1. The number of anilines is 2. The molecule has 2 heterocycles. The summed E-state index contributed by atoms with van der Waals surface area (Å²) in [5.74, 6) is 2.55. The van der Waals surface area contributed by atoms with Gasteiger partial charge in [-0.15, -0.1) is 0 Å². The number of nitrogens with one attached hydrogen (secondary N) is 2. The smallest absolute Gasteiger partial charge is 0.280 e. The first kappa shape index (κ1) is 20.9. The highest BCUT2D eigenvalue weighted by molar-refractivity contribution is 6.03. The van der Waals surface area contributed by atoms with E-state index in [1.54, 1.807) is 14.2 Å². The van der Waals surface area contributed by atoms with E-state index in [0.29, 0.717) is 6.54 Å². The standard InChI is InChI=1S/C24H28N4O3/c1-28-13-11-18-23(17-6-4-5-7-19(17)26-24(18)28)27-22(29)15-25-12-10-16-8-9-20(30-2)21(14-16)31-3/h4-9,14,25H,10-13,15H2,1-3H3,(H,26,27,29)/p+2. The number of methoxy groups -OCH3 is 2. The van der Waals surface area contributed by atoms with E-state index in [-0.39, 0.29) is 5.91 Å². The summed E-state index contributed by atoms with van der Waals surface area (Å²) in [6.45, 7) is 2.14. The van der Waals surface area contributed by atoms with Crippen LogP contribution in [0.1, 0.15) is 11.1 Å². The zero-order valence-corrected chi connectivity index (χ0v) is 18.3. The quantitative estimate of drug-likeness (QED) is 0.538. The maximum absolute atomic E-state index is 12.7. The molecule has 0 spiro atoms. The van der Waals surface area contributed by atoms with Crippen molar-refractivity contribution < 1.29 is 24.6 Å². The molecule has 4 rings (SSSR count). The molecule has 1 aliphatic rings. The number of aromatic nitrogens is 1. The Labute approximate surface area is 182 Å². The molecule has 0 aliphatic carbocycles. The van der Waals surface area contributed by atoms with Gasteiger partial charge in [0.05, 0.1) is 45.6 Å². The van der Waals surface area contributed by atoms with E-state index in [1.807, 2.05) is 41.7 Å². The van der Waals surface area contributed by atoms with Crippen molar-refractivity contribution in [3.63, 3.8) is 0 Å². The number of rotatable bonds is 8. The van der Waals surface area contributed by atoms with Crippen LogP contribution >= 0.6 is 0 Å². The van der Waals surface area contributed by atoms with Gasteiger partial charge in [-0.1, -0.05) is 18.2 Å². The first-order chi connectivity index (χ1) is 15.1. The number of carbonyl (C=O) groups is 1. The van der Waals surface area contributed by atoms with Crippen LogP contribution in [0, 0.1) is 0 Å². The molecule has 3 aromatic rings. The predicted molar refractivity (Wildman–Crippen MR) is 121 cm³/mol. The number of H-pyrrole nitrogens is 1. The average Bonchev–Trinajstić information content (AvgIpc) is 3.16. The third-order valence-electron chi connectivity index (χ3n) is 5.80. The van der Waals surface area contributed by atoms with Crippen LogP contribution < -0.4 is 30.0 Å². The van der Waals surface area contributed by atoms with Crippen molar-refractivity contribution in [2.75, 3.05) is 51.1 Å². The van der Waals surface area contributed by atoms with Crippen molar-refractivity contribution >= 4 is 28.3 Å². The molecule has 7 heteroatoms. The largest absolute Gasteiger partial charge is 0.493 e. The van der Waals surface area contributed by atoms with E-state index in [9.17, 15) is 4.79 Å². The Balaban J connectivity index is 1.38. The fourth-order valence-corrected chi connectivity index (χ4v) is 4.13. The number of hydrogen-bond acceptors (Lipinski definition) is 4. The van der Waals surface area contributed by atoms with Gasteiger partial charge in [0.2, 0.25) is 0 Å². The highest BCUT2D eigenvalue weighted by atomic mass is 16.5. The number of quaternary nitrogens is 1. The van der Waals surface area contributed by atoms with Crippen LogP contribution in [-0.2, 0) is 17.6 Å². The van der Waals surface area contributed by atoms with Gasteiger partial charge >= 0.3 is 0 Å². The number of nitrogens with two attached hydrogens (primary N) is 1. The third kappa shape index (κ3) is 4.41. The Bertz CT molecular complexity index is 1100. The molecule has 31 heavy (non-hydrogen) atoms. The van der Waals surface area contributed by atoms with Crippen molar-refractivity contribution in [3.8, 4) is 11.5 Å². The topological polar surface area (TPSA) is 81.5 Å². The van der Waals surface area contributed by atoms with Gasteiger partial charge in [0.25, 0.3) is 11.7 Å². The number of hydrogen-bond donors (Lipinski definition) is 2. The van der Waals surface area contributed by atoms with E-state index in [4.69, 9.17) is 9.47 Å². The molecule has 0 radical (unpaired) electrons. The van der Waals surface area contributed by atoms with Crippen LogP contribution in [0.15, 0.2) is 42.5 Å². The number of carbonyl (C=O) groups excluding carboxylic acids is 1. The van der Waals surface area contributed by atoms with Crippen LogP contribution in [0.4, 0.5) is 11.5 Å². The van der Waals surface area contributed by atoms with Gasteiger partial charge in [0.15, 0.2) is 18.0 Å². The number of fused-ring (bicyclic) bond motifs is 2. The summed E-state index contributed by atoms with van der Waals surface area (Å²) in [4.78, 5) is 18.4. The minimum atomic E-state index is 0.0143. The molecule has 1 amide bonds. The van der Waals surface area contributed by atoms with Crippen LogP contribution in [0.3, 0.4) is 0 Å². The number of amides is 1. The molecule has 0 fully saturated rings. The van der Waals surface area contributed by atoms with Crippen molar-refractivity contribution in [1.82, 2.24) is 0 Å². The second-order valence-electron chi connectivity index (χ2n) is 7.81. The van der Waals surface area contributed by atoms with Crippen LogP contribution in [0.25, 0.3) is 10.9 Å². The predicted octanol–water partition coefficient (Wildman–Crippen LogP) is 1.41. The molecule has 0 atom stereocenters. The fourth-order valence-electron chi connectivity index (χ4n) is 4.13. The molecular formula is C24H30N4O3+2. The summed E-state index contributed by atoms with van der Waals surface area (Å²) in [6, 6.07) is 14.0. The molecule has 0 saturated heterocycles. The molecule has 0 unspecified atom stereocenters. The highest BCUT2D eigenvalue weighted by Gasteiger charge is 2.29. The SMILES string of the molecule is COc1ccc(CC[NH2+]CC(=O)Nc2c3c([nH+]c4ccccc24)N(C)CC3)cc1OC. The van der Waals surface area contributed by atoms with Crippen LogP contribution in [-0.4, -0.2) is 46.8 Å². The van der Waals surface area contributed by atoms with Gasteiger partial charge in [-0.2, -0.15) is 0 Å². The molecular weight excluding hydrogens is 392 g/mol. The van der Waals surface area contributed by atoms with E-state index in [0.717, 1.165) is 65.4 Å². The highest BCUT2D eigenvalue weighted by Crippen LogP contribution is 2.34. The number of ether oxygens (including phenoxy) is 2. The lowest BCUT2D eigenvalue weighted by Crippen LogP contribution is -2.86. The van der Waals surface area contributed by atoms with E-state index >= 15 is 0 Å². The fraction of sp³-hybridized carbons (Fsp3) is 0.333. The molecule has 162 valence electrons. The molecule has 2 aromatic carbocycles. The summed E-state index contributed by atoms with van der Waals surface area (Å²) in [7, 11) is 5.34. The normalized spacial score (nSPS) is 12.7. The number of nitrogens with zero attached hydrogens (tertiary/aromatic N) is 1. The summed E-state index contributed by atoms with van der Waals surface area (Å²) in [5.41, 5.74) is 4.30. The number of likely N-dealkylation sites (N-methyl/N-ethyl adjacent to an activating group) is 1. The molecule has 1 aromatic heterocycles. The third-order valence-corrected chi connectivity index (χ3v) is 5.80. The Morgan fingerprint density at radius 2 is 1.97 bits per heavy atom. The number of aromatic amines is 1. The Morgan fingerprint density at radius 3 is 2.77 bits per heavy atom. The Kier molecular flexibility index (Phi) is 6.23. The van der Waals surface area contributed by atoms with Crippen LogP contribution in [0.5, 0.6) is 11.5 Å². The maximum atomic E-state index is 12.7. The molecule has 4 N–H and O–H groups in total. The van der Waals surface area contributed by atoms with Gasteiger partial charge in [-0.05, 0) is 29.8 Å². The Morgan fingerprint density at radius 1 is 1.16 bits per heavy atom. The molecule has 1 aliphatic heterocycles. The second kappa shape index (κ2) is 9.22. The minimum Gasteiger partial charge on any atom is -0.493 e. The first-order valence-corrected chi connectivity index (χ1v) is 10.6. The zero-order valence-electron chi connectivity index (χ0n) is 18.3. The summed E-state index contributed by atoms with van der Waals surface area (Å²) < 4.78 is 10.6. The summed E-state index contributed by atoms with van der Waals surface area (Å²) >= 11 is 0. The van der Waals surface area contributed by atoms with Crippen molar-refractivity contribution in [3.05, 3.63) is 53.6 Å². The van der Waals surface area contributed by atoms with E-state index < -0.39 is 0 Å². The lowest BCUT2D eigenvalue weighted by molar-refractivity contribution is -0.643. The van der Waals surface area contributed by atoms with Crippen molar-refractivity contribution in [2.45, 2.75) is 12.8 Å². The van der Waals surface area contributed by atoms with Crippen molar-refractivity contribution in [1.29, 1.82) is 0 Å². The summed E-state index contributed by atoms with van der Waals surface area (Å²) in [5, 5.41) is 6.27. The number of pyridine rings is 1. The molecule has 0 bridgehead atoms. The van der Waals surface area contributed by atoms with Gasteiger partial charge < -0.3 is 20.1 Å². The lowest BCUT2D eigenvalue weighted by Gasteiger charge is -2.12. The van der Waals surface area contributed by atoms with Gasteiger partial charge in [-0.3, -0.25) is 9.69 Å². The minimum absolute atomic E-state index is 0.0143. The first-order valence-electron chi connectivity index (χ1n) is 10.6. The molecule has 0 saturated carbocycles. The van der Waals surface area contributed by atoms with Gasteiger partial charge in [-0.25, -0.2) is 4.98 Å². The van der Waals surface area contributed by atoms with Gasteiger partial charge in [0.1, 0.15) is 5.52 Å². The average molecular weight is 423 g/mol. The number of benzene rings is 2. The maximum Gasteiger partial charge on any atom is 0.280 e. The van der Waals surface area contributed by atoms with Crippen molar-refractivity contribution in [2.24, 2.45) is 0 Å². The monoisotopic (exact) mass is 422 g/mol. The Hall–Kier alpha value is -3.32. The zero-order chi connectivity index (χ0) is 21.8. The van der Waals surface area contributed by atoms with E-state index in [1.165, 1.54) is 5.56 Å². The molecule has 7 nitrogen and oxygen atoms in total. The van der Waals surface area contributed by atoms with Gasteiger partial charge in [0, 0.05) is 18.2 Å².